The number of carbonyl (C=O) groups excluding carboxylic acids is 1. The standard InChI is InChI=1S/C21H20F5N5O2/c1-19(16-14(33-18(27)31-19)5-6-21(16,25)26)11-7-10(3-4-12(11)22)30-17(32)13-8-29-15(9-28-13)20(2,23)24/h3-4,7-9,14,16H,5-6H2,1-2H3,(H2,27,31)(H,30,32)/t14?,16?,19-/m1/s1. The molecule has 2 aliphatic rings. The summed E-state index contributed by atoms with van der Waals surface area (Å²) in [6.07, 6.45) is 0.289. The number of nitrogens with two attached hydrogens (primary N) is 1. The van der Waals surface area contributed by atoms with E-state index < -0.39 is 53.2 Å². The monoisotopic (exact) mass is 469 g/mol. The van der Waals surface area contributed by atoms with Crippen LogP contribution in [0.4, 0.5) is 27.6 Å². The summed E-state index contributed by atoms with van der Waals surface area (Å²) in [5.41, 5.74) is 2.92. The maximum absolute atomic E-state index is 14.9. The summed E-state index contributed by atoms with van der Waals surface area (Å²) < 4.78 is 76.1. The minimum absolute atomic E-state index is 0.0347. The topological polar surface area (TPSA) is 102 Å². The number of anilines is 1. The number of ether oxygens (including phenoxy) is 1. The summed E-state index contributed by atoms with van der Waals surface area (Å²) >= 11 is 0. The Kier molecular flexibility index (Phi) is 5.29. The lowest BCUT2D eigenvalue weighted by Gasteiger charge is -2.41. The molecule has 7 nitrogen and oxygen atoms in total. The first kappa shape index (κ1) is 22.9. The minimum atomic E-state index is -3.23. The first-order valence-electron chi connectivity index (χ1n) is 10.0. The van der Waals surface area contributed by atoms with Crippen molar-refractivity contribution in [3.8, 4) is 0 Å². The lowest BCUT2D eigenvalue weighted by Crippen LogP contribution is -2.51. The van der Waals surface area contributed by atoms with Gasteiger partial charge in [-0.05, 0) is 31.5 Å². The van der Waals surface area contributed by atoms with Gasteiger partial charge in [0, 0.05) is 24.6 Å². The molecule has 2 heterocycles. The van der Waals surface area contributed by atoms with Crippen molar-refractivity contribution in [3.05, 3.63) is 53.4 Å². The number of aliphatic imine (C=N–C) groups is 1. The fourth-order valence-corrected chi connectivity index (χ4v) is 4.39. The number of benzene rings is 1. The van der Waals surface area contributed by atoms with Crippen LogP contribution in [0.3, 0.4) is 0 Å². The normalized spacial score (nSPS) is 26.2. The molecule has 4 rings (SSSR count). The summed E-state index contributed by atoms with van der Waals surface area (Å²) in [6, 6.07) is 3.08. The van der Waals surface area contributed by atoms with Gasteiger partial charge in [0.15, 0.2) is 0 Å². The molecule has 1 fully saturated rings. The lowest BCUT2D eigenvalue weighted by molar-refractivity contribution is -0.0961. The number of amidine groups is 1. The quantitative estimate of drug-likeness (QED) is 0.660. The van der Waals surface area contributed by atoms with Crippen LogP contribution in [0.25, 0.3) is 0 Å². The second-order valence-electron chi connectivity index (χ2n) is 8.36. The highest BCUT2D eigenvalue weighted by molar-refractivity contribution is 6.02. The van der Waals surface area contributed by atoms with Crippen molar-refractivity contribution < 1.29 is 31.5 Å². The van der Waals surface area contributed by atoms with Gasteiger partial charge in [0.05, 0.1) is 18.3 Å². The van der Waals surface area contributed by atoms with E-state index in [0.717, 1.165) is 18.5 Å². The predicted molar refractivity (Wildman–Crippen MR) is 107 cm³/mol. The fourth-order valence-electron chi connectivity index (χ4n) is 4.39. The first-order valence-corrected chi connectivity index (χ1v) is 10.0. The SMILES string of the molecule is CC(F)(F)c1cnc(C(=O)Nc2ccc(F)c([C@@]3(C)N=C(N)OC4CCC(F)(F)C43)c2)cn1. The molecule has 1 aromatic carbocycles. The summed E-state index contributed by atoms with van der Waals surface area (Å²) in [5, 5.41) is 2.44. The zero-order valence-electron chi connectivity index (χ0n) is 17.6. The molecule has 1 aliphatic heterocycles. The van der Waals surface area contributed by atoms with Gasteiger partial charge in [-0.3, -0.25) is 9.78 Å². The Morgan fingerprint density at radius 1 is 1.27 bits per heavy atom. The van der Waals surface area contributed by atoms with Crippen molar-refractivity contribution in [3.63, 3.8) is 0 Å². The molecule has 1 saturated carbocycles. The Hall–Kier alpha value is -3.31. The van der Waals surface area contributed by atoms with Gasteiger partial charge in [-0.2, -0.15) is 8.78 Å². The van der Waals surface area contributed by atoms with Gasteiger partial charge in [0.2, 0.25) is 0 Å². The van der Waals surface area contributed by atoms with Crippen LogP contribution in [0.5, 0.6) is 0 Å². The Bertz CT molecular complexity index is 1120. The smallest absolute Gasteiger partial charge is 0.288 e. The molecule has 2 unspecified atom stereocenters. The van der Waals surface area contributed by atoms with Gasteiger partial charge >= 0.3 is 0 Å². The molecule has 1 aliphatic carbocycles. The lowest BCUT2D eigenvalue weighted by atomic mass is 9.75. The van der Waals surface area contributed by atoms with Crippen LogP contribution in [0.2, 0.25) is 0 Å². The molecule has 2 aromatic rings. The molecular formula is C21H20F5N5O2. The summed E-state index contributed by atoms with van der Waals surface area (Å²) in [5.74, 6) is -9.49. The van der Waals surface area contributed by atoms with Crippen LogP contribution in [0.1, 0.15) is 48.4 Å². The summed E-state index contributed by atoms with van der Waals surface area (Å²) in [7, 11) is 0. The van der Waals surface area contributed by atoms with Crippen LogP contribution in [-0.2, 0) is 16.2 Å². The first-order chi connectivity index (χ1) is 15.3. The average molecular weight is 469 g/mol. The van der Waals surface area contributed by atoms with E-state index in [1.165, 1.54) is 19.1 Å². The molecule has 0 bridgehead atoms. The Labute approximate surface area is 185 Å². The Morgan fingerprint density at radius 3 is 2.64 bits per heavy atom. The third-order valence-electron chi connectivity index (χ3n) is 5.91. The van der Waals surface area contributed by atoms with Gasteiger partial charge in [-0.25, -0.2) is 23.1 Å². The Morgan fingerprint density at radius 2 is 2.00 bits per heavy atom. The fraction of sp³-hybridized carbons (Fsp3) is 0.429. The van der Waals surface area contributed by atoms with Gasteiger partial charge in [-0.15, -0.1) is 0 Å². The van der Waals surface area contributed by atoms with E-state index in [-0.39, 0.29) is 29.4 Å². The highest BCUT2D eigenvalue weighted by atomic mass is 19.3. The zero-order valence-corrected chi connectivity index (χ0v) is 17.6. The number of hydrogen-bond donors (Lipinski definition) is 2. The number of nitrogens with one attached hydrogen (secondary N) is 1. The number of halogens is 5. The van der Waals surface area contributed by atoms with Crippen LogP contribution >= 0.6 is 0 Å². The summed E-state index contributed by atoms with van der Waals surface area (Å²) in [4.78, 5) is 23.7. The molecule has 1 amide bonds. The van der Waals surface area contributed by atoms with Crippen molar-refractivity contribution in [2.45, 2.75) is 50.2 Å². The number of carbonyl (C=O) groups is 1. The molecular weight excluding hydrogens is 449 g/mol. The number of rotatable bonds is 4. The number of amides is 1. The second kappa shape index (κ2) is 7.63. The summed E-state index contributed by atoms with van der Waals surface area (Å²) in [6.45, 7) is 1.99. The molecule has 3 atom stereocenters. The van der Waals surface area contributed by atoms with Gasteiger partial charge in [-0.1, -0.05) is 0 Å². The van der Waals surface area contributed by atoms with Crippen LogP contribution in [0, 0.1) is 11.7 Å². The van der Waals surface area contributed by atoms with E-state index in [9.17, 15) is 26.7 Å². The number of nitrogens with zero attached hydrogens (tertiary/aromatic N) is 3. The van der Waals surface area contributed by atoms with Crippen molar-refractivity contribution in [2.75, 3.05) is 5.32 Å². The van der Waals surface area contributed by atoms with Crippen molar-refractivity contribution in [2.24, 2.45) is 16.6 Å². The molecule has 1 aromatic heterocycles. The highest BCUT2D eigenvalue weighted by Gasteiger charge is 2.62. The zero-order chi connectivity index (χ0) is 24.2. The number of hydrogen-bond acceptors (Lipinski definition) is 6. The molecule has 0 saturated heterocycles. The van der Waals surface area contributed by atoms with Crippen molar-refractivity contribution in [1.29, 1.82) is 0 Å². The third kappa shape index (κ3) is 4.09. The van der Waals surface area contributed by atoms with E-state index in [4.69, 9.17) is 10.5 Å². The van der Waals surface area contributed by atoms with Crippen molar-refractivity contribution in [1.82, 2.24) is 9.97 Å². The van der Waals surface area contributed by atoms with E-state index in [0.29, 0.717) is 6.92 Å². The van der Waals surface area contributed by atoms with Gasteiger partial charge in [0.25, 0.3) is 23.8 Å². The third-order valence-corrected chi connectivity index (χ3v) is 5.91. The molecule has 176 valence electrons. The molecule has 3 N–H and O–H groups in total. The number of fused-ring (bicyclic) bond motifs is 1. The van der Waals surface area contributed by atoms with E-state index in [2.05, 4.69) is 20.3 Å². The van der Waals surface area contributed by atoms with Gasteiger partial charge in [0.1, 0.15) is 28.8 Å². The maximum atomic E-state index is 14.9. The Balaban J connectivity index is 1.65. The predicted octanol–water partition coefficient (Wildman–Crippen LogP) is 3.95. The van der Waals surface area contributed by atoms with Crippen LogP contribution < -0.4 is 11.1 Å². The number of aromatic nitrogens is 2. The average Bonchev–Trinajstić information content (AvgIpc) is 3.03. The van der Waals surface area contributed by atoms with E-state index >= 15 is 0 Å². The van der Waals surface area contributed by atoms with Crippen LogP contribution in [-0.4, -0.2) is 33.9 Å². The molecule has 0 radical (unpaired) electrons. The van der Waals surface area contributed by atoms with Crippen molar-refractivity contribution >= 4 is 17.6 Å². The number of alkyl halides is 4. The van der Waals surface area contributed by atoms with Crippen LogP contribution in [0.15, 0.2) is 35.6 Å². The van der Waals surface area contributed by atoms with E-state index in [1.54, 1.807) is 0 Å². The maximum Gasteiger partial charge on any atom is 0.288 e. The second-order valence-corrected chi connectivity index (χ2v) is 8.36. The van der Waals surface area contributed by atoms with E-state index in [1.807, 2.05) is 0 Å². The molecule has 12 heteroatoms. The van der Waals surface area contributed by atoms with Gasteiger partial charge < -0.3 is 15.8 Å². The largest absolute Gasteiger partial charge is 0.461 e. The molecule has 33 heavy (non-hydrogen) atoms. The minimum Gasteiger partial charge on any atom is -0.461 e. The molecule has 0 spiro atoms. The highest BCUT2D eigenvalue weighted by Crippen LogP contribution is 2.54.